The molecule has 6 heteroatoms. The quantitative estimate of drug-likeness (QED) is 0.284. The van der Waals surface area contributed by atoms with Crippen LogP contribution in [0.25, 0.3) is 0 Å². The number of thioether (sulfide) groups is 1. The van der Waals surface area contributed by atoms with Gasteiger partial charge in [-0.2, -0.15) is 0 Å². The lowest BCUT2D eigenvalue weighted by molar-refractivity contribution is 0.108. The highest BCUT2D eigenvalue weighted by Crippen LogP contribution is 2.51. The van der Waals surface area contributed by atoms with Crippen LogP contribution in [0.1, 0.15) is 61.5 Å². The Bertz CT molecular complexity index is 1370. The minimum Gasteiger partial charge on any atom is -0.372 e. The molecule has 0 bridgehead atoms. The molecule has 2 heterocycles. The van der Waals surface area contributed by atoms with Gasteiger partial charge in [-0.3, -0.25) is 4.79 Å². The number of rotatable bonds is 5. The number of benzene rings is 3. The Morgan fingerprint density at radius 3 is 2.34 bits per heavy atom. The monoisotopic (exact) mass is 524 g/mol. The number of nitrogens with zero attached hydrogens (tertiary/aromatic N) is 3. The Morgan fingerprint density at radius 2 is 1.66 bits per heavy atom. The van der Waals surface area contributed by atoms with E-state index in [9.17, 15) is 4.79 Å². The van der Waals surface area contributed by atoms with E-state index >= 15 is 0 Å². The van der Waals surface area contributed by atoms with Crippen molar-refractivity contribution < 1.29 is 4.79 Å². The molecule has 0 amide bonds. The van der Waals surface area contributed by atoms with Crippen molar-refractivity contribution in [1.82, 2.24) is 4.90 Å². The van der Waals surface area contributed by atoms with Crippen molar-refractivity contribution in [2.75, 3.05) is 24.5 Å². The first-order chi connectivity index (χ1) is 18.3. The summed E-state index contributed by atoms with van der Waals surface area (Å²) in [7, 11) is 0. The molecule has 1 atom stereocenters. The summed E-state index contributed by atoms with van der Waals surface area (Å²) in [4.78, 5) is 22.8. The predicted molar refractivity (Wildman–Crippen MR) is 160 cm³/mol. The Balaban J connectivity index is 1.68. The summed E-state index contributed by atoms with van der Waals surface area (Å²) in [5.41, 5.74) is 12.9. The number of anilines is 1. The van der Waals surface area contributed by atoms with Crippen molar-refractivity contribution in [1.29, 1.82) is 0 Å². The number of aliphatic imine (C=N–C) groups is 1. The summed E-state index contributed by atoms with van der Waals surface area (Å²) >= 11 is 1.29. The molecule has 2 aliphatic rings. The lowest BCUT2D eigenvalue weighted by Crippen LogP contribution is -2.45. The van der Waals surface area contributed by atoms with E-state index in [-0.39, 0.29) is 16.4 Å². The minimum absolute atomic E-state index is 0.0440. The molecule has 0 fully saturated rings. The van der Waals surface area contributed by atoms with Gasteiger partial charge in [0.25, 0.3) is 0 Å². The molecule has 3 aromatic rings. The van der Waals surface area contributed by atoms with Crippen LogP contribution >= 0.6 is 11.8 Å². The van der Waals surface area contributed by atoms with Crippen LogP contribution in [0.3, 0.4) is 0 Å². The second kappa shape index (κ2) is 10.7. The number of allylic oxidation sites excluding steroid dienone is 1. The first kappa shape index (κ1) is 26.1. The van der Waals surface area contributed by atoms with Crippen molar-refractivity contribution in [2.45, 2.75) is 40.0 Å². The fourth-order valence-corrected chi connectivity index (χ4v) is 6.72. The molecule has 2 aliphatic heterocycles. The number of hydrogen-bond donors (Lipinski definition) is 1. The van der Waals surface area contributed by atoms with E-state index < -0.39 is 0 Å². The van der Waals surface area contributed by atoms with Crippen LogP contribution in [0, 0.1) is 5.41 Å². The van der Waals surface area contributed by atoms with Gasteiger partial charge in [0.1, 0.15) is 0 Å². The average molecular weight is 525 g/mol. The van der Waals surface area contributed by atoms with Gasteiger partial charge < -0.3 is 15.5 Å². The molecule has 0 radical (unpaired) electrons. The third-order valence-corrected chi connectivity index (χ3v) is 8.52. The average Bonchev–Trinajstić information content (AvgIpc) is 3.03. The summed E-state index contributed by atoms with van der Waals surface area (Å²) in [6.45, 7) is 11.5. The van der Waals surface area contributed by atoms with E-state index in [4.69, 9.17) is 10.7 Å². The Morgan fingerprint density at radius 1 is 1.00 bits per heavy atom. The third-order valence-electron chi connectivity index (χ3n) is 7.44. The van der Waals surface area contributed by atoms with Crippen molar-refractivity contribution >= 4 is 34.2 Å². The molecule has 0 aliphatic carbocycles. The summed E-state index contributed by atoms with van der Waals surface area (Å²) in [5.74, 6) is 0.371. The Labute approximate surface area is 230 Å². The van der Waals surface area contributed by atoms with Crippen LogP contribution in [-0.4, -0.2) is 35.6 Å². The van der Waals surface area contributed by atoms with Crippen LogP contribution in [0.2, 0.25) is 0 Å². The van der Waals surface area contributed by atoms with E-state index in [0.29, 0.717) is 12.5 Å². The zero-order chi connectivity index (χ0) is 26.9. The predicted octanol–water partition coefficient (Wildman–Crippen LogP) is 7.14. The van der Waals surface area contributed by atoms with Gasteiger partial charge in [-0.05, 0) is 78.4 Å². The molecule has 5 nitrogen and oxygen atoms in total. The van der Waals surface area contributed by atoms with Gasteiger partial charge in [0.15, 0.2) is 0 Å². The molecule has 2 N–H and O–H groups in total. The fourth-order valence-electron chi connectivity index (χ4n) is 5.66. The van der Waals surface area contributed by atoms with E-state index in [0.717, 1.165) is 41.4 Å². The number of carbonyl (C=O) groups is 1. The molecule has 5 rings (SSSR count). The molecule has 0 spiro atoms. The number of hydrogen-bond acceptors (Lipinski definition) is 4. The number of carbonyl (C=O) groups excluding carboxylic acids is 1. The van der Waals surface area contributed by atoms with E-state index in [1.807, 2.05) is 48.5 Å². The van der Waals surface area contributed by atoms with Gasteiger partial charge in [0.05, 0.1) is 10.7 Å². The van der Waals surface area contributed by atoms with Crippen LogP contribution in [0.4, 0.5) is 11.4 Å². The summed E-state index contributed by atoms with van der Waals surface area (Å²) in [6, 6.07) is 26.7. The highest BCUT2D eigenvalue weighted by atomic mass is 32.2. The molecule has 0 unspecified atom stereocenters. The molecule has 0 aromatic heterocycles. The first-order valence-corrected chi connectivity index (χ1v) is 14.2. The summed E-state index contributed by atoms with van der Waals surface area (Å²) in [6.07, 6.45) is 0.870. The van der Waals surface area contributed by atoms with Gasteiger partial charge in [-0.15, -0.1) is 0 Å². The van der Waals surface area contributed by atoms with Crippen molar-refractivity contribution in [2.24, 2.45) is 16.1 Å². The number of guanidine groups is 1. The van der Waals surface area contributed by atoms with Gasteiger partial charge in [0, 0.05) is 36.8 Å². The van der Waals surface area contributed by atoms with Crippen LogP contribution in [-0.2, 0) is 0 Å². The van der Waals surface area contributed by atoms with E-state index in [2.05, 4.69) is 67.8 Å². The standard InChI is InChI=1S/C32H36N4OS/c1-5-35(6-2)24-18-16-22(17-19-24)28-25-14-10-11-15-26(25)30(37)38-29-27(28)20-32(3,4)21-36(29)31(33)34-23-12-8-7-9-13-23/h7-19,28H,5-6,20-21H2,1-4H3,(H2,33,34)/t28-/m0/s1. The molecule has 3 aromatic carbocycles. The molecule has 0 saturated heterocycles. The number of fused-ring (bicyclic) bond motifs is 1. The van der Waals surface area contributed by atoms with Crippen molar-refractivity contribution in [3.8, 4) is 0 Å². The van der Waals surface area contributed by atoms with Gasteiger partial charge in [0.2, 0.25) is 11.1 Å². The maximum Gasteiger partial charge on any atom is 0.225 e. The lowest BCUT2D eigenvalue weighted by Gasteiger charge is -2.42. The van der Waals surface area contributed by atoms with E-state index in [1.54, 1.807) is 0 Å². The molecule has 38 heavy (non-hydrogen) atoms. The van der Waals surface area contributed by atoms with Crippen molar-refractivity contribution in [3.63, 3.8) is 0 Å². The smallest absolute Gasteiger partial charge is 0.225 e. The van der Waals surface area contributed by atoms with Gasteiger partial charge >= 0.3 is 0 Å². The summed E-state index contributed by atoms with van der Waals surface area (Å²) in [5, 5.41) is 0.966. The highest BCUT2D eigenvalue weighted by Gasteiger charge is 2.41. The third kappa shape index (κ3) is 5.10. The molecular formula is C32H36N4OS. The second-order valence-corrected chi connectivity index (χ2v) is 11.7. The molecular weight excluding hydrogens is 488 g/mol. The van der Waals surface area contributed by atoms with Crippen molar-refractivity contribution in [3.05, 3.63) is 106 Å². The number of para-hydroxylation sites is 1. The SMILES string of the molecule is CCN(CC)c1ccc([C@@H]2C3=C(SC(=O)c4ccccc42)N(C(N)=Nc2ccccc2)CC(C)(C)C3)cc1. The highest BCUT2D eigenvalue weighted by molar-refractivity contribution is 8.17. The molecule has 0 saturated carbocycles. The number of nitrogens with two attached hydrogens (primary N) is 1. The largest absolute Gasteiger partial charge is 0.372 e. The molecule has 196 valence electrons. The zero-order valence-corrected chi connectivity index (χ0v) is 23.5. The fraction of sp³-hybridized carbons (Fsp3) is 0.312. The minimum atomic E-state index is -0.0576. The first-order valence-electron chi connectivity index (χ1n) is 13.4. The maximum atomic E-state index is 13.7. The Kier molecular flexibility index (Phi) is 7.35. The van der Waals surface area contributed by atoms with Crippen LogP contribution in [0.15, 0.2) is 94.5 Å². The van der Waals surface area contributed by atoms with Gasteiger partial charge in [-0.25, -0.2) is 4.99 Å². The van der Waals surface area contributed by atoms with Gasteiger partial charge in [-0.1, -0.05) is 68.4 Å². The lowest BCUT2D eigenvalue weighted by atomic mass is 9.74. The Hall–Kier alpha value is -3.51. The van der Waals surface area contributed by atoms with Crippen LogP contribution < -0.4 is 10.6 Å². The summed E-state index contributed by atoms with van der Waals surface area (Å²) < 4.78 is 0. The normalized spacial score (nSPS) is 19.1. The zero-order valence-electron chi connectivity index (χ0n) is 22.6. The second-order valence-electron chi connectivity index (χ2n) is 10.7. The maximum absolute atomic E-state index is 13.7. The topological polar surface area (TPSA) is 61.9 Å². The van der Waals surface area contributed by atoms with E-state index in [1.165, 1.54) is 28.6 Å². The van der Waals surface area contributed by atoms with Crippen LogP contribution in [0.5, 0.6) is 0 Å².